The molecule has 1 atom stereocenters. The molecule has 184 valence electrons. The molecule has 13 heteroatoms. The van der Waals surface area contributed by atoms with Crippen LogP contribution in [0, 0.1) is 0 Å². The number of aryl methyl sites for hydroxylation is 1. The maximum atomic E-state index is 14.7. The Labute approximate surface area is 197 Å². The van der Waals surface area contributed by atoms with Crippen LogP contribution in [-0.4, -0.2) is 92.6 Å². The fraction of sp³-hybridized carbons (Fsp3) is 0.455. The molecular weight excluding hydrogens is 465 g/mol. The number of aromatic nitrogens is 6. The second-order valence-corrected chi connectivity index (χ2v) is 8.75. The molecule has 0 saturated carbocycles. The molecular formula is C22H23F3N8O2. The minimum Gasteiger partial charge on any atom is -0.479 e. The largest absolute Gasteiger partial charge is 0.479 e. The van der Waals surface area contributed by atoms with Gasteiger partial charge in [0.15, 0.2) is 0 Å². The molecule has 2 saturated heterocycles. The zero-order chi connectivity index (χ0) is 24.2. The fourth-order valence-electron chi connectivity index (χ4n) is 4.64. The number of likely N-dealkylation sites (tertiary alicyclic amines) is 1. The molecule has 0 bridgehead atoms. The molecule has 1 unspecified atom stereocenters. The second-order valence-electron chi connectivity index (χ2n) is 8.75. The van der Waals surface area contributed by atoms with Crippen LogP contribution in [0.2, 0.25) is 0 Å². The molecule has 0 spiro atoms. The van der Waals surface area contributed by atoms with Crippen LogP contribution >= 0.6 is 0 Å². The molecule has 2 aliphatic rings. The number of anilines is 1. The summed E-state index contributed by atoms with van der Waals surface area (Å²) >= 11 is 0. The van der Waals surface area contributed by atoms with Gasteiger partial charge in [-0.15, -0.1) is 10.2 Å². The monoisotopic (exact) mass is 488 g/mol. The van der Waals surface area contributed by atoms with Gasteiger partial charge in [0.2, 0.25) is 11.8 Å². The van der Waals surface area contributed by atoms with Crippen molar-refractivity contribution >= 4 is 22.5 Å². The number of halogens is 3. The van der Waals surface area contributed by atoms with E-state index in [-0.39, 0.29) is 37.5 Å². The summed E-state index contributed by atoms with van der Waals surface area (Å²) in [5.41, 5.74) is 3.51. The van der Waals surface area contributed by atoms with Crippen LogP contribution in [-0.2, 0) is 11.3 Å². The quantitative estimate of drug-likeness (QED) is 0.424. The molecule has 6 rings (SSSR count). The summed E-state index contributed by atoms with van der Waals surface area (Å²) < 4.78 is 56.0. The van der Waals surface area contributed by atoms with Gasteiger partial charge in [-0.2, -0.15) is 4.98 Å². The molecule has 0 amide bonds. The van der Waals surface area contributed by atoms with Gasteiger partial charge in [0.25, 0.3) is 5.92 Å². The molecule has 0 radical (unpaired) electrons. The van der Waals surface area contributed by atoms with E-state index < -0.39 is 18.6 Å². The number of methoxy groups -OCH3 is 1. The lowest BCUT2D eigenvalue weighted by molar-refractivity contribution is -0.0711. The van der Waals surface area contributed by atoms with Gasteiger partial charge in [0, 0.05) is 18.3 Å². The number of nitrogens with one attached hydrogen (secondary N) is 1. The van der Waals surface area contributed by atoms with Crippen LogP contribution in [0.25, 0.3) is 27.7 Å². The normalized spacial score (nSPS) is 20.5. The number of ether oxygens (including phenoxy) is 2. The SMILES string of the molecule is COc1nc(NC2CN(C3COC3)CC2(F)F)nn2ccc(-c3ccc4nnn(CCF)c4c3)c12. The summed E-state index contributed by atoms with van der Waals surface area (Å²) in [5, 5.41) is 15.3. The van der Waals surface area contributed by atoms with E-state index in [1.807, 2.05) is 18.2 Å². The summed E-state index contributed by atoms with van der Waals surface area (Å²) in [7, 11) is 1.47. The van der Waals surface area contributed by atoms with E-state index >= 15 is 0 Å². The minimum atomic E-state index is -2.94. The first kappa shape index (κ1) is 22.0. The Hall–Kier alpha value is -3.45. The standard InChI is InChI=1S/C22H23F3N8O2/c1-34-20-19-15(13-2-3-16-17(8-13)32(7-5-23)30-28-16)4-6-33(19)29-21(27-20)26-18-9-31(12-22(18,24)25)14-10-35-11-14/h2-4,6,8,14,18H,5,7,9-12H2,1H3,(H,26,29). The third kappa shape index (κ3) is 3.74. The van der Waals surface area contributed by atoms with E-state index in [0.717, 1.165) is 11.1 Å². The Balaban J connectivity index is 1.33. The average molecular weight is 488 g/mol. The molecule has 10 nitrogen and oxygen atoms in total. The van der Waals surface area contributed by atoms with Gasteiger partial charge in [-0.05, 0) is 23.8 Å². The summed E-state index contributed by atoms with van der Waals surface area (Å²) in [5.74, 6) is -2.65. The summed E-state index contributed by atoms with van der Waals surface area (Å²) in [6, 6.07) is 6.26. The number of rotatable bonds is 7. The predicted molar refractivity (Wildman–Crippen MR) is 121 cm³/mol. The van der Waals surface area contributed by atoms with Crippen molar-refractivity contribution in [3.8, 4) is 17.0 Å². The zero-order valence-electron chi connectivity index (χ0n) is 18.9. The van der Waals surface area contributed by atoms with Crippen molar-refractivity contribution in [1.82, 2.24) is 34.5 Å². The zero-order valence-corrected chi connectivity index (χ0v) is 18.9. The third-order valence-corrected chi connectivity index (χ3v) is 6.57. The van der Waals surface area contributed by atoms with Gasteiger partial charge in [-0.1, -0.05) is 11.3 Å². The molecule has 1 N–H and O–H groups in total. The van der Waals surface area contributed by atoms with E-state index in [4.69, 9.17) is 9.47 Å². The van der Waals surface area contributed by atoms with E-state index in [2.05, 4.69) is 25.7 Å². The van der Waals surface area contributed by atoms with Crippen molar-refractivity contribution in [3.05, 3.63) is 30.5 Å². The average Bonchev–Trinajstić information content (AvgIpc) is 3.48. The smallest absolute Gasteiger partial charge is 0.281 e. The summed E-state index contributed by atoms with van der Waals surface area (Å²) in [6.45, 7) is 0.337. The fourth-order valence-corrected chi connectivity index (χ4v) is 4.64. The number of benzene rings is 1. The number of hydrogen-bond donors (Lipinski definition) is 1. The summed E-state index contributed by atoms with van der Waals surface area (Å²) in [4.78, 5) is 6.13. The van der Waals surface area contributed by atoms with Crippen LogP contribution in [0.15, 0.2) is 30.5 Å². The van der Waals surface area contributed by atoms with Crippen LogP contribution in [0.5, 0.6) is 5.88 Å². The molecule has 4 aromatic rings. The Morgan fingerprint density at radius 2 is 2.11 bits per heavy atom. The first-order chi connectivity index (χ1) is 17.0. The molecule has 35 heavy (non-hydrogen) atoms. The number of hydrogen-bond acceptors (Lipinski definition) is 8. The molecule has 5 heterocycles. The van der Waals surface area contributed by atoms with Gasteiger partial charge < -0.3 is 14.8 Å². The second kappa shape index (κ2) is 8.34. The van der Waals surface area contributed by atoms with E-state index in [9.17, 15) is 13.2 Å². The van der Waals surface area contributed by atoms with Crippen molar-refractivity contribution in [2.24, 2.45) is 0 Å². The van der Waals surface area contributed by atoms with E-state index in [1.165, 1.54) is 11.8 Å². The van der Waals surface area contributed by atoms with Crippen molar-refractivity contribution in [3.63, 3.8) is 0 Å². The molecule has 2 fully saturated rings. The molecule has 1 aromatic carbocycles. The lowest BCUT2D eigenvalue weighted by Gasteiger charge is -2.34. The minimum absolute atomic E-state index is 0.0198. The Kier molecular flexibility index (Phi) is 5.25. The highest BCUT2D eigenvalue weighted by Crippen LogP contribution is 2.35. The first-order valence-electron chi connectivity index (χ1n) is 11.3. The Morgan fingerprint density at radius 3 is 2.86 bits per heavy atom. The van der Waals surface area contributed by atoms with Crippen LogP contribution in [0.1, 0.15) is 0 Å². The van der Waals surface area contributed by atoms with Gasteiger partial charge >= 0.3 is 0 Å². The highest BCUT2D eigenvalue weighted by Gasteiger charge is 2.51. The van der Waals surface area contributed by atoms with Gasteiger partial charge in [0.05, 0.1) is 45.0 Å². The van der Waals surface area contributed by atoms with Crippen LogP contribution in [0.3, 0.4) is 0 Å². The van der Waals surface area contributed by atoms with Crippen molar-refractivity contribution < 1.29 is 22.6 Å². The number of alkyl halides is 3. The maximum Gasteiger partial charge on any atom is 0.281 e. The van der Waals surface area contributed by atoms with Gasteiger partial charge in [-0.25, -0.2) is 22.4 Å². The van der Waals surface area contributed by atoms with Crippen LogP contribution in [0.4, 0.5) is 19.1 Å². The topological polar surface area (TPSA) is 94.6 Å². The number of fused-ring (bicyclic) bond motifs is 2. The third-order valence-electron chi connectivity index (χ3n) is 6.57. The van der Waals surface area contributed by atoms with Crippen molar-refractivity contribution in [2.75, 3.05) is 45.4 Å². The van der Waals surface area contributed by atoms with E-state index in [0.29, 0.717) is 29.8 Å². The summed E-state index contributed by atoms with van der Waals surface area (Å²) in [6.07, 6.45) is 1.71. The number of nitrogens with zero attached hydrogens (tertiary/aromatic N) is 7. The lowest BCUT2D eigenvalue weighted by Crippen LogP contribution is -2.48. The Bertz CT molecular complexity index is 1390. The Morgan fingerprint density at radius 1 is 1.26 bits per heavy atom. The van der Waals surface area contributed by atoms with Gasteiger partial charge in [-0.3, -0.25) is 4.90 Å². The lowest BCUT2D eigenvalue weighted by atomic mass is 10.1. The molecule has 0 aliphatic carbocycles. The highest BCUT2D eigenvalue weighted by atomic mass is 19.3. The molecule has 3 aromatic heterocycles. The van der Waals surface area contributed by atoms with E-state index in [1.54, 1.807) is 21.7 Å². The van der Waals surface area contributed by atoms with Crippen LogP contribution < -0.4 is 10.1 Å². The predicted octanol–water partition coefficient (Wildman–Crippen LogP) is 2.25. The van der Waals surface area contributed by atoms with Gasteiger partial charge in [0.1, 0.15) is 23.7 Å². The maximum absolute atomic E-state index is 14.7. The first-order valence-corrected chi connectivity index (χ1v) is 11.3. The van der Waals surface area contributed by atoms with Crippen molar-refractivity contribution in [2.45, 2.75) is 24.6 Å². The van der Waals surface area contributed by atoms with Crippen molar-refractivity contribution in [1.29, 1.82) is 0 Å². The molecule has 2 aliphatic heterocycles. The highest BCUT2D eigenvalue weighted by molar-refractivity contribution is 5.89.